The third kappa shape index (κ3) is 4.48. The van der Waals surface area contributed by atoms with Gasteiger partial charge in [0.15, 0.2) is 0 Å². The molecule has 0 radical (unpaired) electrons. The van der Waals surface area contributed by atoms with Crippen LogP contribution in [0, 0.1) is 12.7 Å². The number of halogens is 2. The summed E-state index contributed by atoms with van der Waals surface area (Å²) < 4.78 is 13.4. The maximum atomic E-state index is 13.4. The second-order valence-electron chi connectivity index (χ2n) is 4.54. The van der Waals surface area contributed by atoms with Crippen molar-refractivity contribution < 1.29 is 9.18 Å². The van der Waals surface area contributed by atoms with Crippen LogP contribution in [0.4, 0.5) is 10.1 Å². The molecule has 2 nitrogen and oxygen atoms in total. The third-order valence-corrected chi connectivity index (χ3v) is 4.38. The maximum absolute atomic E-state index is 13.4. The van der Waals surface area contributed by atoms with Gasteiger partial charge in [0.1, 0.15) is 5.82 Å². The lowest BCUT2D eigenvalue weighted by Gasteiger charge is -2.09. The number of benzene rings is 2. The first-order valence-corrected chi connectivity index (χ1v) is 7.97. The summed E-state index contributed by atoms with van der Waals surface area (Å²) in [5, 5.41) is 3.43. The van der Waals surface area contributed by atoms with Crippen LogP contribution in [0.25, 0.3) is 0 Å². The molecule has 0 heterocycles. The molecule has 0 fully saturated rings. The summed E-state index contributed by atoms with van der Waals surface area (Å²) in [6.45, 7) is 1.85. The molecule has 0 aliphatic heterocycles. The highest BCUT2D eigenvalue weighted by atomic mass is 35.5. The number of hydrogen-bond donors (Lipinski definition) is 1. The van der Waals surface area contributed by atoms with Crippen molar-refractivity contribution in [1.29, 1.82) is 0 Å². The van der Waals surface area contributed by atoms with Gasteiger partial charge in [0.2, 0.25) is 5.91 Å². The molecule has 0 unspecified atom stereocenters. The lowest BCUT2D eigenvalue weighted by Crippen LogP contribution is -2.15. The van der Waals surface area contributed by atoms with Gasteiger partial charge in [0.25, 0.3) is 0 Å². The average Bonchev–Trinajstić information content (AvgIpc) is 2.46. The SMILES string of the molecule is Cc1c(Cl)cccc1NC(=O)CSCc1ccccc1F. The van der Waals surface area contributed by atoms with Crippen LogP contribution in [-0.2, 0) is 10.5 Å². The molecule has 2 rings (SSSR count). The minimum absolute atomic E-state index is 0.123. The van der Waals surface area contributed by atoms with Gasteiger partial charge in [0, 0.05) is 16.5 Å². The number of carbonyl (C=O) groups excluding carboxylic acids is 1. The lowest BCUT2D eigenvalue weighted by molar-refractivity contribution is -0.113. The Morgan fingerprint density at radius 3 is 2.76 bits per heavy atom. The smallest absolute Gasteiger partial charge is 0.234 e. The fourth-order valence-electron chi connectivity index (χ4n) is 1.80. The second-order valence-corrected chi connectivity index (χ2v) is 5.94. The first kappa shape index (κ1) is 15.9. The number of hydrogen-bond acceptors (Lipinski definition) is 2. The molecule has 0 aromatic heterocycles. The molecule has 0 spiro atoms. The summed E-state index contributed by atoms with van der Waals surface area (Å²) >= 11 is 7.37. The van der Waals surface area contributed by atoms with Gasteiger partial charge in [-0.2, -0.15) is 0 Å². The molecule has 0 saturated carbocycles. The summed E-state index contributed by atoms with van der Waals surface area (Å²) in [6, 6.07) is 12.0. The molecule has 0 aliphatic rings. The van der Waals surface area contributed by atoms with E-state index < -0.39 is 0 Å². The normalized spacial score (nSPS) is 10.4. The van der Waals surface area contributed by atoms with Gasteiger partial charge in [0.05, 0.1) is 5.75 Å². The van der Waals surface area contributed by atoms with Crippen molar-refractivity contribution in [1.82, 2.24) is 0 Å². The van der Waals surface area contributed by atoms with Crippen molar-refractivity contribution >= 4 is 35.0 Å². The zero-order chi connectivity index (χ0) is 15.2. The minimum Gasteiger partial charge on any atom is -0.325 e. The van der Waals surface area contributed by atoms with E-state index in [0.717, 1.165) is 5.56 Å². The Bertz CT molecular complexity index is 648. The Morgan fingerprint density at radius 2 is 2.00 bits per heavy atom. The molecular weight excluding hydrogens is 309 g/mol. The van der Waals surface area contributed by atoms with Gasteiger partial charge in [-0.05, 0) is 36.2 Å². The van der Waals surface area contributed by atoms with Gasteiger partial charge in [-0.25, -0.2) is 4.39 Å². The standard InChI is InChI=1S/C16H15ClFNOS/c1-11-13(17)6-4-8-15(11)19-16(20)10-21-9-12-5-2-3-7-14(12)18/h2-8H,9-10H2,1H3,(H,19,20). The Kier molecular flexibility index (Phi) is 5.65. The van der Waals surface area contributed by atoms with Crippen LogP contribution in [0.5, 0.6) is 0 Å². The van der Waals surface area contributed by atoms with E-state index in [4.69, 9.17) is 11.6 Å². The Morgan fingerprint density at radius 1 is 1.24 bits per heavy atom. The summed E-state index contributed by atoms with van der Waals surface area (Å²) in [4.78, 5) is 11.9. The van der Waals surface area contributed by atoms with Crippen molar-refractivity contribution in [3.05, 3.63) is 64.4 Å². The van der Waals surface area contributed by atoms with Crippen LogP contribution < -0.4 is 5.32 Å². The molecule has 1 amide bonds. The Hall–Kier alpha value is -1.52. The van der Waals surface area contributed by atoms with E-state index in [1.807, 2.05) is 6.92 Å². The van der Waals surface area contributed by atoms with E-state index in [-0.39, 0.29) is 17.5 Å². The minimum atomic E-state index is -0.240. The van der Waals surface area contributed by atoms with Crippen LogP contribution in [-0.4, -0.2) is 11.7 Å². The van der Waals surface area contributed by atoms with E-state index in [0.29, 0.717) is 22.0 Å². The van der Waals surface area contributed by atoms with Crippen LogP contribution >= 0.6 is 23.4 Å². The Labute approximate surface area is 132 Å². The van der Waals surface area contributed by atoms with Crippen LogP contribution in [0.2, 0.25) is 5.02 Å². The number of carbonyl (C=O) groups is 1. The first-order chi connectivity index (χ1) is 10.1. The van der Waals surface area contributed by atoms with Crippen molar-refractivity contribution in [3.8, 4) is 0 Å². The van der Waals surface area contributed by atoms with E-state index in [1.54, 1.807) is 36.4 Å². The molecule has 5 heteroatoms. The van der Waals surface area contributed by atoms with E-state index >= 15 is 0 Å². The topological polar surface area (TPSA) is 29.1 Å². The lowest BCUT2D eigenvalue weighted by atomic mass is 10.2. The van der Waals surface area contributed by atoms with Crippen molar-refractivity contribution in [2.24, 2.45) is 0 Å². The largest absolute Gasteiger partial charge is 0.325 e. The number of rotatable bonds is 5. The highest BCUT2D eigenvalue weighted by molar-refractivity contribution is 7.99. The maximum Gasteiger partial charge on any atom is 0.234 e. The third-order valence-electron chi connectivity index (χ3n) is 2.99. The zero-order valence-electron chi connectivity index (χ0n) is 11.5. The molecule has 1 N–H and O–H groups in total. The Balaban J connectivity index is 1.85. The molecule has 0 saturated heterocycles. The van der Waals surface area contributed by atoms with Crippen molar-refractivity contribution in [2.75, 3.05) is 11.1 Å². The summed E-state index contributed by atoms with van der Waals surface area (Å²) in [5.41, 5.74) is 2.15. The predicted molar refractivity (Wildman–Crippen MR) is 87.4 cm³/mol. The average molecular weight is 324 g/mol. The molecule has 0 bridgehead atoms. The fourth-order valence-corrected chi connectivity index (χ4v) is 2.79. The van der Waals surface area contributed by atoms with Crippen LogP contribution in [0.1, 0.15) is 11.1 Å². The summed E-state index contributed by atoms with van der Waals surface area (Å²) in [5.74, 6) is 0.368. The van der Waals surface area contributed by atoms with Gasteiger partial charge >= 0.3 is 0 Å². The first-order valence-electron chi connectivity index (χ1n) is 6.44. The van der Waals surface area contributed by atoms with E-state index in [2.05, 4.69) is 5.32 Å². The zero-order valence-corrected chi connectivity index (χ0v) is 13.1. The highest BCUT2D eigenvalue weighted by Crippen LogP contribution is 2.23. The van der Waals surface area contributed by atoms with Crippen LogP contribution in [0.15, 0.2) is 42.5 Å². The van der Waals surface area contributed by atoms with E-state index in [9.17, 15) is 9.18 Å². The molecule has 0 atom stereocenters. The van der Waals surface area contributed by atoms with Gasteiger partial charge < -0.3 is 5.32 Å². The molecule has 2 aromatic carbocycles. The predicted octanol–water partition coefficient (Wildman–Crippen LogP) is 4.66. The molecular formula is C16H15ClFNOS. The number of amides is 1. The van der Waals surface area contributed by atoms with Crippen LogP contribution in [0.3, 0.4) is 0 Å². The number of thioether (sulfide) groups is 1. The van der Waals surface area contributed by atoms with Gasteiger partial charge in [-0.3, -0.25) is 4.79 Å². The van der Waals surface area contributed by atoms with Gasteiger partial charge in [-0.15, -0.1) is 11.8 Å². The number of nitrogens with one attached hydrogen (secondary N) is 1. The molecule has 110 valence electrons. The van der Waals surface area contributed by atoms with E-state index in [1.165, 1.54) is 17.8 Å². The monoisotopic (exact) mass is 323 g/mol. The molecule has 0 aliphatic carbocycles. The molecule has 21 heavy (non-hydrogen) atoms. The second kappa shape index (κ2) is 7.48. The quantitative estimate of drug-likeness (QED) is 0.867. The number of anilines is 1. The fraction of sp³-hybridized carbons (Fsp3) is 0.188. The summed E-state index contributed by atoms with van der Waals surface area (Å²) in [6.07, 6.45) is 0. The highest BCUT2D eigenvalue weighted by Gasteiger charge is 2.08. The van der Waals surface area contributed by atoms with Gasteiger partial charge in [-0.1, -0.05) is 35.9 Å². The molecule has 2 aromatic rings. The van der Waals surface area contributed by atoms with Crippen molar-refractivity contribution in [3.63, 3.8) is 0 Å². The van der Waals surface area contributed by atoms with Crippen molar-refractivity contribution in [2.45, 2.75) is 12.7 Å². The summed E-state index contributed by atoms with van der Waals surface area (Å²) in [7, 11) is 0.